The van der Waals surface area contributed by atoms with E-state index in [-0.39, 0.29) is 52.9 Å². The van der Waals surface area contributed by atoms with Crippen molar-refractivity contribution < 1.29 is 33.0 Å². The van der Waals surface area contributed by atoms with Gasteiger partial charge in [0.2, 0.25) is 0 Å². The lowest BCUT2D eigenvalue weighted by atomic mass is 9.92. The number of aliphatic carboxylic acids is 1. The monoisotopic (exact) mass is 704 g/mol. The van der Waals surface area contributed by atoms with Crippen molar-refractivity contribution in [2.75, 3.05) is 7.11 Å². The molecule has 0 radical (unpaired) electrons. The Labute approximate surface area is 295 Å². The number of carboxylic acids is 1. The highest BCUT2D eigenvalue weighted by molar-refractivity contribution is 6.74. The Hall–Kier alpha value is -1.68. The van der Waals surface area contributed by atoms with Gasteiger partial charge in [0.25, 0.3) is 0 Å². The van der Waals surface area contributed by atoms with Gasteiger partial charge in [0.05, 0.1) is 38.4 Å². The molecular formula is C39H68O7Si2. The van der Waals surface area contributed by atoms with E-state index in [0.717, 1.165) is 56.3 Å². The normalized spacial score (nSPS) is 20.3. The lowest BCUT2D eigenvalue weighted by molar-refractivity contribution is -0.144. The number of carboxylic acid groups (broad SMARTS) is 1. The van der Waals surface area contributed by atoms with Gasteiger partial charge in [-0.05, 0) is 105 Å². The second kappa shape index (κ2) is 18.5. The standard InChI is InChI=1S/C39H68O7Si2/c1-14-15-17-29(2)36(43-28-30-20-22-31(42-9)23-21-30)26-35(46-48(12,13)39(6,7)8)25-34(45-47(10,11)38(3,4)5)24-32-18-16-19-33(44-32)27-37(40)41/h20-23,29,32-36H,16-19,24-28H2,1-13H3,(H,40,41)/t29-,32-,33+,34+,35-,36+/m0/s1. The average molecular weight is 705 g/mol. The summed E-state index contributed by atoms with van der Waals surface area (Å²) >= 11 is 0. The zero-order valence-electron chi connectivity index (χ0n) is 32.5. The third kappa shape index (κ3) is 13.9. The van der Waals surface area contributed by atoms with Crippen LogP contribution in [0.1, 0.15) is 112 Å². The Morgan fingerprint density at radius 2 is 1.50 bits per heavy atom. The highest BCUT2D eigenvalue weighted by Gasteiger charge is 2.43. The molecule has 1 heterocycles. The zero-order chi connectivity index (χ0) is 36.3. The summed E-state index contributed by atoms with van der Waals surface area (Å²) in [6.07, 6.45) is 5.16. The Kier molecular flexibility index (Phi) is 16.4. The van der Waals surface area contributed by atoms with Gasteiger partial charge in [-0.3, -0.25) is 4.79 Å². The third-order valence-electron chi connectivity index (χ3n) is 10.8. The first kappa shape index (κ1) is 42.5. The van der Waals surface area contributed by atoms with E-state index in [4.69, 9.17) is 23.1 Å². The second-order valence-electron chi connectivity index (χ2n) is 16.9. The van der Waals surface area contributed by atoms with Crippen LogP contribution in [0.15, 0.2) is 24.3 Å². The zero-order valence-corrected chi connectivity index (χ0v) is 34.5. The van der Waals surface area contributed by atoms with Crippen molar-refractivity contribution in [3.63, 3.8) is 0 Å². The minimum Gasteiger partial charge on any atom is -0.497 e. The first-order valence-electron chi connectivity index (χ1n) is 18.0. The number of benzene rings is 1. The number of rotatable bonds is 18. The molecule has 0 aliphatic carbocycles. The van der Waals surface area contributed by atoms with E-state index in [1.807, 2.05) is 19.1 Å². The number of hydrogen-bond donors (Lipinski definition) is 1. The van der Waals surface area contributed by atoms with Gasteiger partial charge >= 0.3 is 5.97 Å². The summed E-state index contributed by atoms with van der Waals surface area (Å²) in [5.41, 5.74) is 1.10. The number of ether oxygens (including phenoxy) is 3. The summed E-state index contributed by atoms with van der Waals surface area (Å²) in [6, 6.07) is 8.06. The molecular weight excluding hydrogens is 637 g/mol. The minimum atomic E-state index is -2.17. The summed E-state index contributed by atoms with van der Waals surface area (Å²) in [5, 5.41) is 9.53. The summed E-state index contributed by atoms with van der Waals surface area (Å²) in [6.45, 7) is 27.6. The van der Waals surface area contributed by atoms with Gasteiger partial charge in [-0.1, -0.05) is 60.6 Å². The van der Waals surface area contributed by atoms with Crippen LogP contribution in [0, 0.1) is 17.8 Å². The highest BCUT2D eigenvalue weighted by Crippen LogP contribution is 2.42. The molecule has 1 saturated heterocycles. The molecule has 1 aliphatic rings. The second-order valence-corrected chi connectivity index (χ2v) is 26.4. The highest BCUT2D eigenvalue weighted by atomic mass is 28.4. The molecule has 1 fully saturated rings. The maximum absolute atomic E-state index is 11.5. The number of methoxy groups -OCH3 is 1. The van der Waals surface area contributed by atoms with E-state index >= 15 is 0 Å². The molecule has 1 N–H and O–H groups in total. The first-order chi connectivity index (χ1) is 22.2. The molecule has 0 unspecified atom stereocenters. The van der Waals surface area contributed by atoms with Gasteiger partial charge in [-0.2, -0.15) is 0 Å². The molecule has 0 amide bonds. The maximum atomic E-state index is 11.5. The molecule has 9 heteroatoms. The van der Waals surface area contributed by atoms with Gasteiger partial charge in [-0.25, -0.2) is 0 Å². The summed E-state index contributed by atoms with van der Waals surface area (Å²) in [4.78, 5) is 11.5. The van der Waals surface area contributed by atoms with Crippen LogP contribution >= 0.6 is 0 Å². The Bertz CT molecular complexity index is 1170. The molecule has 6 atom stereocenters. The van der Waals surface area contributed by atoms with Crippen LogP contribution in [0.2, 0.25) is 36.3 Å². The van der Waals surface area contributed by atoms with Crippen LogP contribution in [0.3, 0.4) is 0 Å². The maximum Gasteiger partial charge on any atom is 0.305 e. The fourth-order valence-corrected chi connectivity index (χ4v) is 8.46. The van der Waals surface area contributed by atoms with Crippen LogP contribution in [0.4, 0.5) is 0 Å². The lowest BCUT2D eigenvalue weighted by Gasteiger charge is -2.44. The first-order valence-corrected chi connectivity index (χ1v) is 23.9. The smallest absolute Gasteiger partial charge is 0.305 e. The minimum absolute atomic E-state index is 0.0349. The van der Waals surface area contributed by atoms with Crippen molar-refractivity contribution in [3.05, 3.63) is 29.8 Å². The third-order valence-corrected chi connectivity index (χ3v) is 19.8. The van der Waals surface area contributed by atoms with E-state index in [1.165, 1.54) is 0 Å². The molecule has 2 rings (SSSR count). The molecule has 1 aliphatic heterocycles. The van der Waals surface area contributed by atoms with E-state index < -0.39 is 22.6 Å². The van der Waals surface area contributed by atoms with Crippen molar-refractivity contribution in [2.45, 2.75) is 180 Å². The quantitative estimate of drug-likeness (QED) is 0.120. The fraction of sp³-hybridized carbons (Fsp3) is 0.769. The summed E-state index contributed by atoms with van der Waals surface area (Å²) in [5.74, 6) is 6.60. The largest absolute Gasteiger partial charge is 0.497 e. The van der Waals surface area contributed by atoms with Gasteiger partial charge in [0.15, 0.2) is 16.6 Å². The van der Waals surface area contributed by atoms with Crippen molar-refractivity contribution in [1.82, 2.24) is 0 Å². The van der Waals surface area contributed by atoms with Gasteiger partial charge in [0, 0.05) is 18.6 Å². The van der Waals surface area contributed by atoms with Crippen molar-refractivity contribution in [3.8, 4) is 17.6 Å². The van der Waals surface area contributed by atoms with E-state index in [2.05, 4.69) is 98.6 Å². The van der Waals surface area contributed by atoms with Gasteiger partial charge in [0.1, 0.15) is 5.75 Å². The predicted octanol–water partition coefficient (Wildman–Crippen LogP) is 9.99. The summed E-state index contributed by atoms with van der Waals surface area (Å²) < 4.78 is 33.0. The topological polar surface area (TPSA) is 83.5 Å². The van der Waals surface area contributed by atoms with E-state index in [9.17, 15) is 9.90 Å². The lowest BCUT2D eigenvalue weighted by Crippen LogP contribution is -2.49. The van der Waals surface area contributed by atoms with Crippen LogP contribution in [-0.2, 0) is 29.7 Å². The van der Waals surface area contributed by atoms with Crippen LogP contribution < -0.4 is 4.74 Å². The van der Waals surface area contributed by atoms with Crippen molar-refractivity contribution in [2.24, 2.45) is 5.92 Å². The van der Waals surface area contributed by atoms with E-state index in [0.29, 0.717) is 6.61 Å². The van der Waals surface area contributed by atoms with Crippen LogP contribution in [-0.4, -0.2) is 65.3 Å². The number of hydrogen-bond acceptors (Lipinski definition) is 6. The summed E-state index contributed by atoms with van der Waals surface area (Å²) in [7, 11) is -2.65. The Morgan fingerprint density at radius 1 is 0.938 bits per heavy atom. The Morgan fingerprint density at radius 3 is 2.02 bits per heavy atom. The van der Waals surface area contributed by atoms with Crippen LogP contribution in [0.5, 0.6) is 5.75 Å². The molecule has 1 aromatic carbocycles. The molecule has 1 aromatic rings. The molecule has 48 heavy (non-hydrogen) atoms. The van der Waals surface area contributed by atoms with Crippen molar-refractivity contribution in [1.29, 1.82) is 0 Å². The van der Waals surface area contributed by atoms with Crippen LogP contribution in [0.25, 0.3) is 0 Å². The average Bonchev–Trinajstić information content (AvgIpc) is 2.96. The molecule has 0 bridgehead atoms. The van der Waals surface area contributed by atoms with Gasteiger partial charge < -0.3 is 28.2 Å². The van der Waals surface area contributed by atoms with Gasteiger partial charge in [-0.15, -0.1) is 11.8 Å². The van der Waals surface area contributed by atoms with E-state index in [1.54, 1.807) is 7.11 Å². The SMILES string of the molecule is CC#CC[C@H](C)[C@@H](C[C@H](C[C@@H](C[C@@H]1CCC[C@H](CC(=O)O)O1)O[Si](C)(C)C(C)(C)C)O[Si](C)(C)C(C)(C)C)OCc1ccc(OC)cc1. The van der Waals surface area contributed by atoms with Crippen molar-refractivity contribution >= 4 is 22.6 Å². The molecule has 7 nitrogen and oxygen atoms in total. The molecule has 274 valence electrons. The predicted molar refractivity (Wildman–Crippen MR) is 202 cm³/mol. The molecule has 0 saturated carbocycles. The Balaban J connectivity index is 2.45. The number of carbonyl (C=O) groups is 1. The fourth-order valence-electron chi connectivity index (χ4n) is 5.70. The molecule has 0 spiro atoms. The molecule has 0 aromatic heterocycles.